The Hall–Kier alpha value is -0.683. The highest BCUT2D eigenvalue weighted by atomic mass is 28.3. The van der Waals surface area contributed by atoms with E-state index in [9.17, 15) is 9.59 Å². The first-order valence-electron chi connectivity index (χ1n) is 7.75. The van der Waals surface area contributed by atoms with Crippen LogP contribution in [-0.2, 0) is 9.59 Å². The third kappa shape index (κ3) is 3.14. The van der Waals surface area contributed by atoms with Gasteiger partial charge < -0.3 is 4.90 Å². The highest BCUT2D eigenvalue weighted by Crippen LogP contribution is 2.48. The minimum absolute atomic E-state index is 0.0649. The molecule has 2 fully saturated rings. The topological polar surface area (TPSA) is 40.6 Å². The average Bonchev–Trinajstić information content (AvgIpc) is 2.58. The van der Waals surface area contributed by atoms with E-state index in [0.29, 0.717) is 13.0 Å². The van der Waals surface area contributed by atoms with Crippen LogP contribution in [0.25, 0.3) is 0 Å². The maximum Gasteiger partial charge on any atom is 0.235 e. The van der Waals surface area contributed by atoms with Gasteiger partial charge >= 0.3 is 0 Å². The molecule has 1 spiro atoms. The van der Waals surface area contributed by atoms with Crippen molar-refractivity contribution in [3.63, 3.8) is 0 Å². The summed E-state index contributed by atoms with van der Waals surface area (Å²) in [5, 5.41) is 0. The van der Waals surface area contributed by atoms with E-state index in [-0.39, 0.29) is 17.2 Å². The zero-order valence-corrected chi connectivity index (χ0v) is 14.4. The van der Waals surface area contributed by atoms with Crippen LogP contribution >= 0.6 is 0 Å². The van der Waals surface area contributed by atoms with Crippen molar-refractivity contribution >= 4 is 19.9 Å². The van der Waals surface area contributed by atoms with Gasteiger partial charge in [-0.3, -0.25) is 14.5 Å². The summed E-state index contributed by atoms with van der Waals surface area (Å²) in [6.45, 7) is 6.31. The van der Waals surface area contributed by atoms with Gasteiger partial charge in [-0.25, -0.2) is 0 Å². The van der Waals surface area contributed by atoms with E-state index in [0.717, 1.165) is 25.8 Å². The molecule has 2 aliphatic heterocycles. The fourth-order valence-corrected chi connectivity index (χ4v) is 5.99. The second-order valence-electron chi connectivity index (χ2n) is 7.63. The quantitative estimate of drug-likeness (QED) is 0.590. The van der Waals surface area contributed by atoms with Crippen molar-refractivity contribution in [1.29, 1.82) is 0 Å². The number of hydrogen-bond acceptors (Lipinski definition) is 3. The van der Waals surface area contributed by atoms with Crippen LogP contribution in [0.3, 0.4) is 0 Å². The van der Waals surface area contributed by atoms with Crippen molar-refractivity contribution in [2.45, 2.75) is 50.9 Å². The van der Waals surface area contributed by atoms with E-state index >= 15 is 0 Å². The van der Waals surface area contributed by atoms with Gasteiger partial charge in [-0.05, 0) is 39.9 Å². The van der Waals surface area contributed by atoms with Crippen molar-refractivity contribution in [3.05, 3.63) is 0 Å². The summed E-state index contributed by atoms with van der Waals surface area (Å²) in [7, 11) is 2.95. The molecule has 0 radical (unpaired) electrons. The van der Waals surface area contributed by atoms with Crippen LogP contribution in [0.15, 0.2) is 0 Å². The molecule has 0 unspecified atom stereocenters. The van der Waals surface area contributed by atoms with E-state index in [1.165, 1.54) is 12.1 Å². The Bertz CT molecular complexity index is 397. The predicted octanol–water partition coefficient (Wildman–Crippen LogP) is 2.19. The normalized spacial score (nSPS) is 24.9. The van der Waals surface area contributed by atoms with Gasteiger partial charge in [0.15, 0.2) is 0 Å². The van der Waals surface area contributed by atoms with Gasteiger partial charge in [0.1, 0.15) is 0 Å². The molecule has 0 bridgehead atoms. The lowest BCUT2D eigenvalue weighted by Crippen LogP contribution is -2.42. The molecule has 5 heteroatoms. The molecule has 0 aromatic carbocycles. The predicted molar refractivity (Wildman–Crippen MR) is 83.3 cm³/mol. The molecule has 2 rings (SSSR count). The fraction of sp³-hybridized carbons (Fsp3) is 0.867. The minimum atomic E-state index is -1.09. The molecule has 114 valence electrons. The summed E-state index contributed by atoms with van der Waals surface area (Å²) in [6.07, 6.45) is 3.24. The fourth-order valence-electron chi connectivity index (χ4n) is 3.43. The molecule has 20 heavy (non-hydrogen) atoms. The van der Waals surface area contributed by atoms with Crippen molar-refractivity contribution in [2.24, 2.45) is 5.41 Å². The van der Waals surface area contributed by atoms with E-state index in [1.807, 2.05) is 14.1 Å². The maximum absolute atomic E-state index is 12.7. The van der Waals surface area contributed by atoms with E-state index in [1.54, 1.807) is 4.90 Å². The Labute approximate surface area is 123 Å². The standard InChI is InChI=1S/C15H28N2O2Si/c1-16(2)8-5-9-17-13(18)12-15(14(17)19)6-10-20(3,4)11-7-15/h5-12H2,1-4H3. The van der Waals surface area contributed by atoms with Crippen LogP contribution in [0.2, 0.25) is 25.2 Å². The number of amides is 2. The van der Waals surface area contributed by atoms with E-state index in [2.05, 4.69) is 18.0 Å². The molecule has 0 N–H and O–H groups in total. The summed E-state index contributed by atoms with van der Waals surface area (Å²) in [5.41, 5.74) is -0.322. The van der Waals surface area contributed by atoms with Gasteiger partial charge in [-0.15, -0.1) is 0 Å². The summed E-state index contributed by atoms with van der Waals surface area (Å²) in [6, 6.07) is 2.38. The molecule has 2 amide bonds. The molecule has 0 aromatic rings. The molecule has 0 saturated carbocycles. The second kappa shape index (κ2) is 5.60. The minimum Gasteiger partial charge on any atom is -0.309 e. The number of nitrogens with zero attached hydrogens (tertiary/aromatic N) is 2. The first-order chi connectivity index (χ1) is 9.26. The van der Waals surface area contributed by atoms with Crippen molar-refractivity contribution in [1.82, 2.24) is 9.80 Å². The number of carbonyl (C=O) groups is 2. The Morgan fingerprint density at radius 2 is 1.80 bits per heavy atom. The number of likely N-dealkylation sites (tertiary alicyclic amines) is 1. The van der Waals surface area contributed by atoms with Crippen LogP contribution in [0.5, 0.6) is 0 Å². The van der Waals surface area contributed by atoms with Gasteiger partial charge in [-0.1, -0.05) is 25.2 Å². The average molecular weight is 296 g/mol. The van der Waals surface area contributed by atoms with Crippen LogP contribution in [0, 0.1) is 5.41 Å². The van der Waals surface area contributed by atoms with E-state index < -0.39 is 8.07 Å². The lowest BCUT2D eigenvalue weighted by Gasteiger charge is -2.38. The Balaban J connectivity index is 1.98. The van der Waals surface area contributed by atoms with Crippen molar-refractivity contribution < 1.29 is 9.59 Å². The Morgan fingerprint density at radius 1 is 1.20 bits per heavy atom. The van der Waals surface area contributed by atoms with Gasteiger partial charge in [-0.2, -0.15) is 0 Å². The number of rotatable bonds is 4. The molecular weight excluding hydrogens is 268 g/mol. The number of imide groups is 1. The highest BCUT2D eigenvalue weighted by Gasteiger charge is 2.53. The summed E-state index contributed by atoms with van der Waals surface area (Å²) < 4.78 is 0. The summed E-state index contributed by atoms with van der Waals surface area (Å²) in [4.78, 5) is 28.5. The molecule has 0 aliphatic carbocycles. The summed E-state index contributed by atoms with van der Waals surface area (Å²) >= 11 is 0. The monoisotopic (exact) mass is 296 g/mol. The molecule has 2 heterocycles. The second-order valence-corrected chi connectivity index (χ2v) is 13.0. The Morgan fingerprint density at radius 3 is 2.35 bits per heavy atom. The first-order valence-corrected chi connectivity index (χ1v) is 11.2. The molecule has 2 saturated heterocycles. The molecule has 4 nitrogen and oxygen atoms in total. The maximum atomic E-state index is 12.7. The van der Waals surface area contributed by atoms with Gasteiger partial charge in [0, 0.05) is 21.0 Å². The third-order valence-electron chi connectivity index (χ3n) is 5.04. The van der Waals surface area contributed by atoms with Crippen LogP contribution in [0.1, 0.15) is 25.7 Å². The number of hydrogen-bond donors (Lipinski definition) is 0. The van der Waals surface area contributed by atoms with E-state index in [4.69, 9.17) is 0 Å². The van der Waals surface area contributed by atoms with Crippen LogP contribution in [-0.4, -0.2) is 56.9 Å². The molecular formula is C15H28N2O2Si. The van der Waals surface area contributed by atoms with Crippen LogP contribution < -0.4 is 0 Å². The number of carbonyl (C=O) groups excluding carboxylic acids is 2. The van der Waals surface area contributed by atoms with Crippen molar-refractivity contribution in [2.75, 3.05) is 27.2 Å². The Kier molecular flexibility index (Phi) is 4.40. The largest absolute Gasteiger partial charge is 0.309 e. The first kappa shape index (κ1) is 15.7. The smallest absolute Gasteiger partial charge is 0.235 e. The third-order valence-corrected chi connectivity index (χ3v) is 8.24. The van der Waals surface area contributed by atoms with Gasteiger partial charge in [0.05, 0.1) is 5.41 Å². The zero-order chi connectivity index (χ0) is 15.0. The van der Waals surface area contributed by atoms with Gasteiger partial charge in [0.25, 0.3) is 0 Å². The zero-order valence-electron chi connectivity index (χ0n) is 13.4. The lowest BCUT2D eigenvalue weighted by atomic mass is 9.80. The van der Waals surface area contributed by atoms with Gasteiger partial charge in [0.2, 0.25) is 11.8 Å². The SMILES string of the molecule is CN(C)CCCN1C(=O)CC2(CC[Si](C)(C)CC2)C1=O. The lowest BCUT2D eigenvalue weighted by molar-refractivity contribution is -0.141. The summed E-state index contributed by atoms with van der Waals surface area (Å²) in [5.74, 6) is 0.195. The van der Waals surface area contributed by atoms with Crippen LogP contribution in [0.4, 0.5) is 0 Å². The molecule has 2 aliphatic rings. The highest BCUT2D eigenvalue weighted by molar-refractivity contribution is 6.77. The van der Waals surface area contributed by atoms with Crippen molar-refractivity contribution in [3.8, 4) is 0 Å². The molecule has 0 aromatic heterocycles. The molecule has 0 atom stereocenters.